The first kappa shape index (κ1) is 24.2. The van der Waals surface area contributed by atoms with Crippen LogP contribution < -0.4 is 4.74 Å². The zero-order valence-corrected chi connectivity index (χ0v) is 21.3. The Hall–Kier alpha value is -3.52. The molecule has 1 saturated heterocycles. The zero-order valence-electron chi connectivity index (χ0n) is 20.5. The number of halogens is 1. The Kier molecular flexibility index (Phi) is 7.41. The summed E-state index contributed by atoms with van der Waals surface area (Å²) in [5.74, 6) is 1.38. The SMILES string of the molecule is CC/C(=C(/c1ccc(OCCN2CC(CC#N)C2)cc1)c1cc2ccccc2[nH]1)c1ccccc1Cl. The van der Waals surface area contributed by atoms with E-state index in [9.17, 15) is 0 Å². The van der Waals surface area contributed by atoms with Crippen molar-refractivity contribution in [1.29, 1.82) is 5.26 Å². The lowest BCUT2D eigenvalue weighted by molar-refractivity contribution is 0.0854. The van der Waals surface area contributed by atoms with Crippen molar-refractivity contribution in [3.63, 3.8) is 0 Å². The van der Waals surface area contributed by atoms with Crippen LogP contribution >= 0.6 is 11.6 Å². The third-order valence-corrected chi connectivity index (χ3v) is 7.22. The highest BCUT2D eigenvalue weighted by atomic mass is 35.5. The molecule has 1 N–H and O–H groups in total. The van der Waals surface area contributed by atoms with Gasteiger partial charge in [0, 0.05) is 53.2 Å². The minimum Gasteiger partial charge on any atom is -0.492 e. The molecule has 0 spiro atoms. The van der Waals surface area contributed by atoms with Gasteiger partial charge in [0.2, 0.25) is 0 Å². The number of benzene rings is 3. The number of nitrogens with zero attached hydrogens (tertiary/aromatic N) is 2. The summed E-state index contributed by atoms with van der Waals surface area (Å²) in [6.07, 6.45) is 1.49. The molecule has 182 valence electrons. The normalized spacial score (nSPS) is 14.8. The van der Waals surface area contributed by atoms with Crippen molar-refractivity contribution in [2.24, 2.45) is 5.92 Å². The van der Waals surface area contributed by atoms with E-state index < -0.39 is 0 Å². The van der Waals surface area contributed by atoms with E-state index >= 15 is 0 Å². The van der Waals surface area contributed by atoms with Gasteiger partial charge >= 0.3 is 0 Å². The molecule has 0 amide bonds. The van der Waals surface area contributed by atoms with Gasteiger partial charge in [0.1, 0.15) is 12.4 Å². The van der Waals surface area contributed by atoms with Crippen LogP contribution in [0.1, 0.15) is 36.6 Å². The van der Waals surface area contributed by atoms with Crippen LogP contribution in [0.5, 0.6) is 5.75 Å². The van der Waals surface area contributed by atoms with Crippen molar-refractivity contribution in [1.82, 2.24) is 9.88 Å². The summed E-state index contributed by atoms with van der Waals surface area (Å²) in [6.45, 7) is 5.70. The standard InChI is InChI=1S/C31H30ClN3O/c1-2-26(27-8-4-5-9-28(27)32)31(30-19-24-7-3-6-10-29(24)34-30)23-11-13-25(14-12-23)36-18-17-35-20-22(21-35)15-16-33/h3-14,19,22,34H,2,15,17-18,20-21H2,1H3/b31-26+. The Morgan fingerprint density at radius 2 is 1.81 bits per heavy atom. The lowest BCUT2D eigenvalue weighted by atomic mass is 9.90. The summed E-state index contributed by atoms with van der Waals surface area (Å²) in [5.41, 5.74) is 6.71. The molecule has 0 saturated carbocycles. The van der Waals surface area contributed by atoms with E-state index in [0.29, 0.717) is 18.9 Å². The van der Waals surface area contributed by atoms with Crippen LogP contribution in [0.15, 0.2) is 78.9 Å². The van der Waals surface area contributed by atoms with E-state index in [4.69, 9.17) is 21.6 Å². The Morgan fingerprint density at radius 3 is 2.53 bits per heavy atom. The van der Waals surface area contributed by atoms with Gasteiger partial charge in [0.05, 0.1) is 6.07 Å². The topological polar surface area (TPSA) is 52.0 Å². The average Bonchev–Trinajstić information content (AvgIpc) is 3.30. The van der Waals surface area contributed by atoms with Gasteiger partial charge in [0.15, 0.2) is 0 Å². The number of nitriles is 1. The van der Waals surface area contributed by atoms with Crippen LogP contribution in [0, 0.1) is 17.2 Å². The maximum atomic E-state index is 8.81. The van der Waals surface area contributed by atoms with Crippen LogP contribution in [-0.2, 0) is 0 Å². The number of likely N-dealkylation sites (tertiary alicyclic amines) is 1. The molecule has 1 aromatic heterocycles. The monoisotopic (exact) mass is 495 g/mol. The number of aromatic nitrogens is 1. The van der Waals surface area contributed by atoms with E-state index in [1.807, 2.05) is 30.3 Å². The average molecular weight is 496 g/mol. The number of fused-ring (bicyclic) bond motifs is 1. The second-order valence-corrected chi connectivity index (χ2v) is 9.73. The molecule has 36 heavy (non-hydrogen) atoms. The van der Waals surface area contributed by atoms with Gasteiger partial charge in [-0.25, -0.2) is 0 Å². The van der Waals surface area contributed by atoms with Crippen molar-refractivity contribution in [3.05, 3.63) is 101 Å². The third kappa shape index (κ3) is 5.18. The summed E-state index contributed by atoms with van der Waals surface area (Å²) in [5, 5.41) is 10.7. The Bertz CT molecular complexity index is 1370. The number of nitrogens with one attached hydrogen (secondary N) is 1. The molecule has 0 atom stereocenters. The molecular formula is C31H30ClN3O. The largest absolute Gasteiger partial charge is 0.492 e. The first-order chi connectivity index (χ1) is 17.7. The maximum Gasteiger partial charge on any atom is 0.119 e. The molecule has 1 aliphatic heterocycles. The number of H-pyrrole nitrogens is 1. The molecule has 0 radical (unpaired) electrons. The predicted octanol–water partition coefficient (Wildman–Crippen LogP) is 7.41. The van der Waals surface area contributed by atoms with Crippen LogP contribution in [0.3, 0.4) is 0 Å². The lowest BCUT2D eigenvalue weighted by Gasteiger charge is -2.37. The Balaban J connectivity index is 1.42. The van der Waals surface area contributed by atoms with E-state index in [1.165, 1.54) is 11.0 Å². The molecule has 1 fully saturated rings. The van der Waals surface area contributed by atoms with Crippen molar-refractivity contribution < 1.29 is 4.74 Å². The number of rotatable bonds is 9. The number of allylic oxidation sites excluding steroid dienone is 1. The summed E-state index contributed by atoms with van der Waals surface area (Å²) < 4.78 is 6.03. The first-order valence-corrected chi connectivity index (χ1v) is 12.9. The van der Waals surface area contributed by atoms with Crippen LogP contribution in [0.25, 0.3) is 22.0 Å². The summed E-state index contributed by atoms with van der Waals surface area (Å²) >= 11 is 6.66. The van der Waals surface area contributed by atoms with Gasteiger partial charge in [-0.15, -0.1) is 0 Å². The third-order valence-electron chi connectivity index (χ3n) is 6.89. The molecule has 0 unspecified atom stereocenters. The fourth-order valence-electron chi connectivity index (χ4n) is 5.04. The fraction of sp³-hybridized carbons (Fsp3) is 0.258. The van der Waals surface area contributed by atoms with Crippen molar-refractivity contribution in [3.8, 4) is 11.8 Å². The number of hydrogen-bond acceptors (Lipinski definition) is 3. The summed E-state index contributed by atoms with van der Waals surface area (Å²) in [6, 6.07) is 29.2. The molecule has 3 aromatic carbocycles. The number of para-hydroxylation sites is 1. The molecular weight excluding hydrogens is 466 g/mol. The Labute approximate surface area is 217 Å². The molecule has 4 aromatic rings. The smallest absolute Gasteiger partial charge is 0.119 e. The predicted molar refractivity (Wildman–Crippen MR) is 148 cm³/mol. The number of ether oxygens (including phenoxy) is 1. The second-order valence-electron chi connectivity index (χ2n) is 9.32. The van der Waals surface area contributed by atoms with Crippen LogP contribution in [0.4, 0.5) is 0 Å². The van der Waals surface area contributed by atoms with Gasteiger partial charge in [-0.05, 0) is 59.4 Å². The minimum atomic E-state index is 0.523. The van der Waals surface area contributed by atoms with Gasteiger partial charge in [0.25, 0.3) is 0 Å². The highest BCUT2D eigenvalue weighted by Crippen LogP contribution is 2.38. The second kappa shape index (κ2) is 11.0. The van der Waals surface area contributed by atoms with Gasteiger partial charge in [-0.3, -0.25) is 4.90 Å². The molecule has 1 aliphatic rings. The van der Waals surface area contributed by atoms with Gasteiger partial charge in [-0.1, -0.05) is 67.1 Å². The quantitative estimate of drug-likeness (QED) is 0.246. The van der Waals surface area contributed by atoms with E-state index in [1.54, 1.807) is 0 Å². The molecule has 2 heterocycles. The van der Waals surface area contributed by atoms with E-state index in [-0.39, 0.29) is 0 Å². The molecule has 0 bridgehead atoms. The Morgan fingerprint density at radius 1 is 1.06 bits per heavy atom. The lowest BCUT2D eigenvalue weighted by Crippen LogP contribution is -2.47. The fourth-order valence-corrected chi connectivity index (χ4v) is 5.29. The van der Waals surface area contributed by atoms with Crippen LogP contribution in [0.2, 0.25) is 5.02 Å². The summed E-state index contributed by atoms with van der Waals surface area (Å²) in [7, 11) is 0. The molecule has 0 aliphatic carbocycles. The van der Waals surface area contributed by atoms with Crippen molar-refractivity contribution in [2.45, 2.75) is 19.8 Å². The van der Waals surface area contributed by atoms with Crippen LogP contribution in [-0.4, -0.2) is 36.1 Å². The maximum absolute atomic E-state index is 8.81. The van der Waals surface area contributed by atoms with Crippen molar-refractivity contribution in [2.75, 3.05) is 26.2 Å². The molecule has 5 rings (SSSR count). The number of hydrogen-bond donors (Lipinski definition) is 1. The first-order valence-electron chi connectivity index (χ1n) is 12.5. The molecule has 5 heteroatoms. The van der Waals surface area contributed by atoms with E-state index in [2.05, 4.69) is 71.4 Å². The minimum absolute atomic E-state index is 0.523. The van der Waals surface area contributed by atoms with Gasteiger partial charge in [-0.2, -0.15) is 5.26 Å². The van der Waals surface area contributed by atoms with Crippen molar-refractivity contribution >= 4 is 33.7 Å². The van der Waals surface area contributed by atoms with E-state index in [0.717, 1.165) is 64.7 Å². The zero-order chi connectivity index (χ0) is 24.9. The molecule has 4 nitrogen and oxygen atoms in total. The van der Waals surface area contributed by atoms with Gasteiger partial charge < -0.3 is 9.72 Å². The number of aromatic amines is 1. The summed E-state index contributed by atoms with van der Waals surface area (Å²) in [4.78, 5) is 5.96. The highest BCUT2D eigenvalue weighted by Gasteiger charge is 2.25. The highest BCUT2D eigenvalue weighted by molar-refractivity contribution is 6.32.